The number of hydrogen-bond acceptors (Lipinski definition) is 5. The highest BCUT2D eigenvalue weighted by Crippen LogP contribution is 2.18. The number of hydrogen-bond donors (Lipinski definition) is 1. The second-order valence-corrected chi connectivity index (χ2v) is 4.63. The van der Waals surface area contributed by atoms with Crippen molar-refractivity contribution in [1.29, 1.82) is 0 Å². The number of likely N-dealkylation sites (N-methyl/N-ethyl adjacent to an activating group) is 1. The third-order valence-corrected chi connectivity index (χ3v) is 2.96. The van der Waals surface area contributed by atoms with Crippen LogP contribution in [0.3, 0.4) is 0 Å². The number of carbonyl (C=O) groups is 1. The second kappa shape index (κ2) is 3.53. The zero-order valence-electron chi connectivity index (χ0n) is 8.15. The van der Waals surface area contributed by atoms with E-state index in [1.165, 1.54) is 11.3 Å². The molecule has 2 rings (SSSR count). The van der Waals surface area contributed by atoms with Crippen LogP contribution in [0.15, 0.2) is 0 Å². The molecular weight excluding hydrogens is 200 g/mol. The molecule has 1 fully saturated rings. The van der Waals surface area contributed by atoms with Crippen LogP contribution < -0.4 is 5.32 Å². The topological polar surface area (TPSA) is 58.1 Å². The maximum Gasteiger partial charge on any atom is 0.224 e. The molecule has 0 aromatic carbocycles. The van der Waals surface area contributed by atoms with Gasteiger partial charge in [0.1, 0.15) is 5.01 Å². The van der Waals surface area contributed by atoms with Gasteiger partial charge in [-0.05, 0) is 6.92 Å². The van der Waals surface area contributed by atoms with Crippen LogP contribution in [0.1, 0.15) is 11.4 Å². The molecule has 5 nitrogen and oxygen atoms in total. The van der Waals surface area contributed by atoms with Crippen molar-refractivity contribution in [2.24, 2.45) is 0 Å². The minimum Gasteiger partial charge on any atom is -0.355 e. The molecule has 0 radical (unpaired) electrons. The number of anilines is 1. The number of aromatic nitrogens is 2. The number of aryl methyl sites for hydroxylation is 1. The molecule has 14 heavy (non-hydrogen) atoms. The van der Waals surface area contributed by atoms with Crippen molar-refractivity contribution >= 4 is 22.4 Å². The van der Waals surface area contributed by atoms with Gasteiger partial charge in [-0.1, -0.05) is 11.3 Å². The molecule has 2 heterocycles. The Morgan fingerprint density at radius 2 is 2.36 bits per heavy atom. The first-order valence-corrected chi connectivity index (χ1v) is 5.27. The summed E-state index contributed by atoms with van der Waals surface area (Å²) in [6.07, 6.45) is 0.551. The van der Waals surface area contributed by atoms with Gasteiger partial charge in [0.05, 0.1) is 6.04 Å². The minimum absolute atomic E-state index is 0.180. The fourth-order valence-electron chi connectivity index (χ4n) is 1.49. The Kier molecular flexibility index (Phi) is 2.37. The molecule has 1 atom stereocenters. The quantitative estimate of drug-likeness (QED) is 0.775. The average Bonchev–Trinajstić information content (AvgIpc) is 2.62. The number of likely N-dealkylation sites (tertiary alicyclic amines) is 1. The molecule has 6 heteroatoms. The lowest BCUT2D eigenvalue weighted by molar-refractivity contribution is -0.126. The van der Waals surface area contributed by atoms with Gasteiger partial charge in [0.15, 0.2) is 0 Å². The lowest BCUT2D eigenvalue weighted by atomic mass is 10.3. The van der Waals surface area contributed by atoms with Crippen LogP contribution in [-0.4, -0.2) is 40.6 Å². The lowest BCUT2D eigenvalue weighted by Gasteiger charge is -2.10. The molecule has 0 spiro atoms. The number of carbonyl (C=O) groups excluding carboxylic acids is 1. The predicted octanol–water partition coefficient (Wildman–Crippen LogP) is 0.489. The van der Waals surface area contributed by atoms with Gasteiger partial charge in [0, 0.05) is 20.0 Å². The van der Waals surface area contributed by atoms with Gasteiger partial charge in [-0.15, -0.1) is 10.2 Å². The van der Waals surface area contributed by atoms with Crippen molar-refractivity contribution in [1.82, 2.24) is 15.1 Å². The summed E-state index contributed by atoms with van der Waals surface area (Å²) < 4.78 is 0. The highest BCUT2D eigenvalue weighted by Gasteiger charge is 2.27. The standard InChI is InChI=1S/C8H12N4OS/c1-5-10-11-8(14-5)9-6-3-7(13)12(2)4-6/h6H,3-4H2,1-2H3,(H,9,11). The Bertz CT molecular complexity index is 351. The van der Waals surface area contributed by atoms with E-state index in [0.717, 1.165) is 16.7 Å². The third kappa shape index (κ3) is 1.84. The van der Waals surface area contributed by atoms with Crippen LogP contribution in [0.4, 0.5) is 5.13 Å². The maximum absolute atomic E-state index is 11.2. The van der Waals surface area contributed by atoms with Crippen molar-refractivity contribution in [2.45, 2.75) is 19.4 Å². The smallest absolute Gasteiger partial charge is 0.224 e. The molecule has 1 aliphatic rings. The molecular formula is C8H12N4OS. The van der Waals surface area contributed by atoms with E-state index in [0.29, 0.717) is 6.42 Å². The van der Waals surface area contributed by atoms with Crippen molar-refractivity contribution in [3.63, 3.8) is 0 Å². The van der Waals surface area contributed by atoms with E-state index < -0.39 is 0 Å². The first-order chi connectivity index (χ1) is 6.65. The van der Waals surface area contributed by atoms with Gasteiger partial charge in [-0.25, -0.2) is 0 Å². The van der Waals surface area contributed by atoms with E-state index in [1.807, 2.05) is 14.0 Å². The summed E-state index contributed by atoms with van der Waals surface area (Å²) in [5.74, 6) is 0.184. The van der Waals surface area contributed by atoms with Crippen molar-refractivity contribution in [2.75, 3.05) is 18.9 Å². The number of nitrogens with one attached hydrogen (secondary N) is 1. The Hall–Kier alpha value is -1.17. The summed E-state index contributed by atoms with van der Waals surface area (Å²) in [5.41, 5.74) is 0. The first kappa shape index (κ1) is 9.39. The number of amides is 1. The number of nitrogens with zero attached hydrogens (tertiary/aromatic N) is 3. The molecule has 1 aromatic rings. The molecule has 0 saturated carbocycles. The number of rotatable bonds is 2. The van der Waals surface area contributed by atoms with Crippen LogP contribution in [0.25, 0.3) is 0 Å². The van der Waals surface area contributed by atoms with Gasteiger partial charge in [-0.3, -0.25) is 4.79 Å². The zero-order valence-corrected chi connectivity index (χ0v) is 8.97. The molecule has 1 saturated heterocycles. The molecule has 1 amide bonds. The predicted molar refractivity (Wildman–Crippen MR) is 54.3 cm³/mol. The molecule has 1 aliphatic heterocycles. The third-order valence-electron chi connectivity index (χ3n) is 2.19. The van der Waals surface area contributed by atoms with Crippen molar-refractivity contribution in [3.05, 3.63) is 5.01 Å². The van der Waals surface area contributed by atoms with E-state index in [2.05, 4.69) is 15.5 Å². The maximum atomic E-state index is 11.2. The van der Waals surface area contributed by atoms with E-state index >= 15 is 0 Å². The monoisotopic (exact) mass is 212 g/mol. The fourth-order valence-corrected chi connectivity index (χ4v) is 2.16. The van der Waals surface area contributed by atoms with Gasteiger partial charge in [0.2, 0.25) is 11.0 Å². The Morgan fingerprint density at radius 1 is 1.57 bits per heavy atom. The summed E-state index contributed by atoms with van der Waals surface area (Å²) in [4.78, 5) is 13.0. The average molecular weight is 212 g/mol. The normalized spacial score (nSPS) is 21.7. The van der Waals surface area contributed by atoms with Gasteiger partial charge < -0.3 is 10.2 Å². The molecule has 0 aliphatic carbocycles. The van der Waals surface area contributed by atoms with Crippen LogP contribution in [0, 0.1) is 6.92 Å². The molecule has 1 unspecified atom stereocenters. The van der Waals surface area contributed by atoms with Crippen LogP contribution in [-0.2, 0) is 4.79 Å². The Balaban J connectivity index is 1.96. The van der Waals surface area contributed by atoms with Gasteiger partial charge in [0.25, 0.3) is 0 Å². The van der Waals surface area contributed by atoms with Crippen LogP contribution >= 0.6 is 11.3 Å². The highest BCUT2D eigenvalue weighted by atomic mass is 32.1. The van der Waals surface area contributed by atoms with Crippen LogP contribution in [0.5, 0.6) is 0 Å². The summed E-state index contributed by atoms with van der Waals surface area (Å²) >= 11 is 1.51. The largest absolute Gasteiger partial charge is 0.355 e. The minimum atomic E-state index is 0.180. The molecule has 0 bridgehead atoms. The highest BCUT2D eigenvalue weighted by molar-refractivity contribution is 7.15. The second-order valence-electron chi connectivity index (χ2n) is 3.45. The Morgan fingerprint density at radius 3 is 2.86 bits per heavy atom. The summed E-state index contributed by atoms with van der Waals surface area (Å²) in [6.45, 7) is 2.66. The fraction of sp³-hybridized carbons (Fsp3) is 0.625. The summed E-state index contributed by atoms with van der Waals surface area (Å²) in [6, 6.07) is 0.180. The van der Waals surface area contributed by atoms with Gasteiger partial charge in [-0.2, -0.15) is 0 Å². The zero-order chi connectivity index (χ0) is 10.1. The first-order valence-electron chi connectivity index (χ1n) is 4.46. The van der Waals surface area contributed by atoms with Crippen LogP contribution in [0.2, 0.25) is 0 Å². The van der Waals surface area contributed by atoms with E-state index in [1.54, 1.807) is 4.90 Å². The van der Waals surface area contributed by atoms with E-state index in [9.17, 15) is 4.79 Å². The van der Waals surface area contributed by atoms with E-state index in [-0.39, 0.29) is 11.9 Å². The summed E-state index contributed by atoms with van der Waals surface area (Å²) in [7, 11) is 1.81. The van der Waals surface area contributed by atoms with Crippen molar-refractivity contribution in [3.8, 4) is 0 Å². The molecule has 1 aromatic heterocycles. The molecule has 76 valence electrons. The van der Waals surface area contributed by atoms with Gasteiger partial charge >= 0.3 is 0 Å². The van der Waals surface area contributed by atoms with E-state index in [4.69, 9.17) is 0 Å². The lowest BCUT2D eigenvalue weighted by Crippen LogP contribution is -2.24. The van der Waals surface area contributed by atoms with Crippen molar-refractivity contribution < 1.29 is 4.79 Å². The summed E-state index contributed by atoms with van der Waals surface area (Å²) in [5, 5.41) is 12.8. The molecule has 1 N–H and O–H groups in total. The SMILES string of the molecule is Cc1nnc(NC2CC(=O)N(C)C2)s1. The Labute approximate surface area is 86.1 Å².